The van der Waals surface area contributed by atoms with E-state index < -0.39 is 6.10 Å². The van der Waals surface area contributed by atoms with Crippen LogP contribution in [0.2, 0.25) is 0 Å². The van der Waals surface area contributed by atoms with Gasteiger partial charge in [0.2, 0.25) is 5.88 Å². The van der Waals surface area contributed by atoms with E-state index in [0.717, 1.165) is 24.8 Å². The average Bonchev–Trinajstić information content (AvgIpc) is 2.91. The molecule has 0 unspecified atom stereocenters. The van der Waals surface area contributed by atoms with Crippen molar-refractivity contribution in [2.45, 2.75) is 51.7 Å². The minimum absolute atomic E-state index is 0.106. The number of aliphatic hydroxyl groups excluding tert-OH is 1. The number of para-hydroxylation sites is 1. The first-order valence-corrected chi connectivity index (χ1v) is 12.7. The van der Waals surface area contributed by atoms with E-state index in [-0.39, 0.29) is 36.4 Å². The summed E-state index contributed by atoms with van der Waals surface area (Å²) in [5, 5.41) is 12.8. The van der Waals surface area contributed by atoms with Crippen LogP contribution in [-0.2, 0) is 0 Å². The van der Waals surface area contributed by atoms with Gasteiger partial charge in [-0.2, -0.15) is 0 Å². The number of hydrogen-bond acceptors (Lipinski definition) is 5. The minimum atomic E-state index is -0.399. The number of rotatable bonds is 6. The normalized spacial score (nSPS) is 20.8. The summed E-state index contributed by atoms with van der Waals surface area (Å²) in [4.78, 5) is 34.3. The molecule has 2 N–H and O–H groups in total. The number of nitrogens with one attached hydrogen (secondary N) is 1. The van der Waals surface area contributed by atoms with Crippen molar-refractivity contribution < 1.29 is 19.4 Å². The highest BCUT2D eigenvalue weighted by molar-refractivity contribution is 5.97. The summed E-state index contributed by atoms with van der Waals surface area (Å²) in [7, 11) is 1.72. The number of anilines is 1. The van der Waals surface area contributed by atoms with Crippen LogP contribution in [0.3, 0.4) is 0 Å². The van der Waals surface area contributed by atoms with Crippen molar-refractivity contribution in [2.24, 2.45) is 5.92 Å². The van der Waals surface area contributed by atoms with Crippen LogP contribution in [0.1, 0.15) is 55.5 Å². The Labute approximate surface area is 213 Å². The second-order valence-electron chi connectivity index (χ2n) is 9.85. The quantitative estimate of drug-likeness (QED) is 0.622. The second kappa shape index (κ2) is 11.6. The molecule has 36 heavy (non-hydrogen) atoms. The summed E-state index contributed by atoms with van der Waals surface area (Å²) in [6, 6.07) is 10.6. The van der Waals surface area contributed by atoms with Crippen molar-refractivity contribution in [3.63, 3.8) is 0 Å². The third-order valence-corrected chi connectivity index (χ3v) is 7.01. The van der Waals surface area contributed by atoms with E-state index in [1.54, 1.807) is 23.0 Å². The highest BCUT2D eigenvalue weighted by Gasteiger charge is 2.35. The maximum atomic E-state index is 13.6. The number of nitrogens with zero attached hydrogens (tertiary/aromatic N) is 3. The predicted molar refractivity (Wildman–Crippen MR) is 140 cm³/mol. The van der Waals surface area contributed by atoms with Gasteiger partial charge >= 0.3 is 6.03 Å². The zero-order valence-electron chi connectivity index (χ0n) is 21.3. The highest BCUT2D eigenvalue weighted by Crippen LogP contribution is 2.32. The molecule has 8 nitrogen and oxygen atoms in total. The fourth-order valence-electron chi connectivity index (χ4n) is 4.69. The number of aliphatic hydroxyl groups is 1. The number of aromatic nitrogens is 1. The Balaban J connectivity index is 1.61. The predicted octanol–water partition coefficient (Wildman–Crippen LogP) is 4.42. The Morgan fingerprint density at radius 1 is 1.31 bits per heavy atom. The molecule has 0 saturated carbocycles. The summed E-state index contributed by atoms with van der Waals surface area (Å²) >= 11 is 0. The number of fused-ring (bicyclic) bond motifs is 1. The Bertz CT molecular complexity index is 1100. The maximum Gasteiger partial charge on any atom is 0.321 e. The molecule has 192 valence electrons. The van der Waals surface area contributed by atoms with Crippen molar-refractivity contribution in [3.05, 3.63) is 59.8 Å². The van der Waals surface area contributed by atoms with Crippen LogP contribution in [0.15, 0.2) is 48.7 Å². The molecule has 3 atom stereocenters. The van der Waals surface area contributed by atoms with Gasteiger partial charge in [-0.1, -0.05) is 31.2 Å². The summed E-state index contributed by atoms with van der Waals surface area (Å²) in [5.74, 6) is -0.0351. The molecule has 0 radical (unpaired) electrons. The monoisotopic (exact) mass is 492 g/mol. The van der Waals surface area contributed by atoms with E-state index in [9.17, 15) is 14.7 Å². The number of pyridine rings is 1. The Hall–Kier alpha value is -3.39. The fraction of sp³-hybridized carbons (Fsp3) is 0.464. The van der Waals surface area contributed by atoms with E-state index in [1.165, 1.54) is 12.0 Å². The van der Waals surface area contributed by atoms with Gasteiger partial charge in [0.25, 0.3) is 5.91 Å². The van der Waals surface area contributed by atoms with Crippen LogP contribution in [0.4, 0.5) is 10.5 Å². The molecule has 1 aromatic carbocycles. The molecule has 3 amide bonds. The Morgan fingerprint density at radius 2 is 2.08 bits per heavy atom. The van der Waals surface area contributed by atoms with Gasteiger partial charge in [-0.15, -0.1) is 0 Å². The van der Waals surface area contributed by atoms with Crippen molar-refractivity contribution in [2.75, 3.05) is 32.1 Å². The number of amides is 3. The number of ether oxygens (including phenoxy) is 1. The van der Waals surface area contributed by atoms with E-state index >= 15 is 0 Å². The van der Waals surface area contributed by atoms with E-state index in [4.69, 9.17) is 4.74 Å². The summed E-state index contributed by atoms with van der Waals surface area (Å²) in [6.45, 7) is 4.39. The van der Waals surface area contributed by atoms with Crippen molar-refractivity contribution >= 4 is 23.2 Å². The Kier molecular flexibility index (Phi) is 8.25. The average molecular weight is 493 g/mol. The van der Waals surface area contributed by atoms with Gasteiger partial charge in [-0.05, 0) is 61.9 Å². The molecule has 1 aliphatic carbocycles. The van der Waals surface area contributed by atoms with Crippen LogP contribution in [0, 0.1) is 5.92 Å². The van der Waals surface area contributed by atoms with Gasteiger partial charge in [0.1, 0.15) is 11.7 Å². The topological polar surface area (TPSA) is 95.0 Å². The van der Waals surface area contributed by atoms with Gasteiger partial charge < -0.3 is 25.0 Å². The van der Waals surface area contributed by atoms with E-state index in [2.05, 4.69) is 16.4 Å². The first kappa shape index (κ1) is 25.7. The van der Waals surface area contributed by atoms with E-state index in [0.29, 0.717) is 24.3 Å². The lowest BCUT2D eigenvalue weighted by atomic mass is 9.93. The van der Waals surface area contributed by atoms with Gasteiger partial charge in [0, 0.05) is 31.4 Å². The molecule has 2 heterocycles. The molecule has 0 saturated heterocycles. The molecule has 0 spiro atoms. The lowest BCUT2D eigenvalue weighted by molar-refractivity contribution is 0.0356. The second-order valence-corrected chi connectivity index (χ2v) is 9.85. The number of hydrogen-bond donors (Lipinski definition) is 2. The van der Waals surface area contributed by atoms with Crippen LogP contribution in [0.5, 0.6) is 5.88 Å². The van der Waals surface area contributed by atoms with E-state index in [1.807, 2.05) is 50.2 Å². The molecule has 2 aromatic rings. The minimum Gasteiger partial charge on any atom is -0.472 e. The van der Waals surface area contributed by atoms with Gasteiger partial charge in [-0.3, -0.25) is 4.79 Å². The van der Waals surface area contributed by atoms with Gasteiger partial charge in [0.05, 0.1) is 19.2 Å². The SMILES string of the molecule is C[C@@H]1CN([C@H](C)CO)C(=O)c2cc(C3=CCCCC3)cnc2O[C@@H]1CN(C)C(=O)Nc1ccccc1. The third kappa shape index (κ3) is 5.87. The molecule has 0 bridgehead atoms. The smallest absolute Gasteiger partial charge is 0.321 e. The van der Waals surface area contributed by atoms with Crippen molar-refractivity contribution in [1.29, 1.82) is 0 Å². The fourth-order valence-corrected chi connectivity index (χ4v) is 4.69. The van der Waals surface area contributed by atoms with Crippen LogP contribution >= 0.6 is 0 Å². The maximum absolute atomic E-state index is 13.6. The molecule has 1 aromatic heterocycles. The highest BCUT2D eigenvalue weighted by atomic mass is 16.5. The molecular formula is C28H36N4O4. The number of urea groups is 1. The number of allylic oxidation sites excluding steroid dienone is 2. The van der Waals surface area contributed by atoms with Gasteiger partial charge in [-0.25, -0.2) is 9.78 Å². The number of likely N-dealkylation sites (N-methyl/N-ethyl adjacent to an activating group) is 1. The number of carbonyl (C=O) groups is 2. The number of benzene rings is 1. The molecular weight excluding hydrogens is 456 g/mol. The standard InChI is InChI=1S/C28H36N4O4/c1-19-16-32(20(2)18-33)27(34)24-14-22(21-10-6-4-7-11-21)15-29-26(24)36-25(19)17-31(3)28(35)30-23-12-8-5-9-13-23/h5,8-10,12-15,19-20,25,33H,4,6-7,11,16-18H2,1-3H3,(H,30,35)/t19-,20-,25-/m1/s1. The Morgan fingerprint density at radius 3 is 2.78 bits per heavy atom. The molecule has 0 fully saturated rings. The van der Waals surface area contributed by atoms with Crippen LogP contribution in [0.25, 0.3) is 5.57 Å². The summed E-state index contributed by atoms with van der Waals surface area (Å²) in [5.41, 5.74) is 3.25. The van der Waals surface area contributed by atoms with Crippen molar-refractivity contribution in [3.8, 4) is 5.88 Å². The first-order chi connectivity index (χ1) is 17.4. The first-order valence-electron chi connectivity index (χ1n) is 12.7. The molecule has 1 aliphatic heterocycles. The zero-order chi connectivity index (χ0) is 25.7. The summed E-state index contributed by atoms with van der Waals surface area (Å²) in [6.07, 6.45) is 7.89. The largest absolute Gasteiger partial charge is 0.472 e. The van der Waals surface area contributed by atoms with Crippen LogP contribution < -0.4 is 10.1 Å². The molecule has 8 heteroatoms. The summed E-state index contributed by atoms with van der Waals surface area (Å²) < 4.78 is 6.33. The molecule has 4 rings (SSSR count). The van der Waals surface area contributed by atoms with Crippen molar-refractivity contribution in [1.82, 2.24) is 14.8 Å². The molecule has 2 aliphatic rings. The third-order valence-electron chi connectivity index (χ3n) is 7.01. The van der Waals surface area contributed by atoms with Gasteiger partial charge in [0.15, 0.2) is 0 Å². The number of carbonyl (C=O) groups excluding carboxylic acids is 2. The lowest BCUT2D eigenvalue weighted by Crippen LogP contribution is -2.50. The zero-order valence-corrected chi connectivity index (χ0v) is 21.3. The lowest BCUT2D eigenvalue weighted by Gasteiger charge is -2.37. The van der Waals surface area contributed by atoms with Crippen LogP contribution in [-0.4, -0.2) is 70.7 Å².